The molecule has 0 fully saturated rings. The summed E-state index contributed by atoms with van der Waals surface area (Å²) in [5, 5.41) is 0. The lowest BCUT2D eigenvalue weighted by Crippen LogP contribution is -2.34. The molecule has 0 aliphatic carbocycles. The summed E-state index contributed by atoms with van der Waals surface area (Å²) in [5.74, 6) is 1.06. The molecule has 0 aromatic heterocycles. The molecular formula is C13H25NO4S. The third-order valence-corrected chi connectivity index (χ3v) is 3.53. The molecular weight excluding hydrogens is 266 g/mol. The molecule has 1 unspecified atom stereocenters. The molecule has 0 bridgehead atoms. The fraction of sp³-hybridized carbons (Fsp3) is 0.846. The van der Waals surface area contributed by atoms with E-state index in [1.54, 1.807) is 25.6 Å². The zero-order valence-corrected chi connectivity index (χ0v) is 12.7. The first-order valence-electron chi connectivity index (χ1n) is 6.77. The second-order valence-corrected chi connectivity index (χ2v) is 5.20. The Morgan fingerprint density at radius 3 is 2.42 bits per heavy atom. The van der Waals surface area contributed by atoms with Gasteiger partial charge in [-0.3, -0.25) is 9.59 Å². The van der Waals surface area contributed by atoms with E-state index in [1.807, 2.05) is 0 Å². The Labute approximate surface area is 119 Å². The predicted octanol–water partition coefficient (Wildman–Crippen LogP) is 1.73. The first-order valence-corrected chi connectivity index (χ1v) is 7.92. The van der Waals surface area contributed by atoms with Crippen LogP contribution in [0.1, 0.15) is 39.5 Å². The van der Waals surface area contributed by atoms with Gasteiger partial charge in [0.25, 0.3) is 0 Å². The first-order chi connectivity index (χ1) is 9.11. The summed E-state index contributed by atoms with van der Waals surface area (Å²) in [6.07, 6.45) is 3.34. The lowest BCUT2D eigenvalue weighted by molar-refractivity contribution is -0.144. The number of rotatable bonds is 11. The average Bonchev–Trinajstić information content (AvgIpc) is 2.38. The van der Waals surface area contributed by atoms with E-state index in [0.717, 1.165) is 25.0 Å². The zero-order valence-electron chi connectivity index (χ0n) is 11.9. The second kappa shape index (κ2) is 12.3. The summed E-state index contributed by atoms with van der Waals surface area (Å²) in [6.45, 7) is 4.38. The molecule has 19 heavy (non-hydrogen) atoms. The lowest BCUT2D eigenvalue weighted by Gasteiger charge is -2.09. The highest BCUT2D eigenvalue weighted by Gasteiger charge is 2.13. The Bertz CT molecular complexity index is 261. The average molecular weight is 291 g/mol. The number of ether oxygens (including phenoxy) is 2. The van der Waals surface area contributed by atoms with Crippen molar-refractivity contribution in [1.82, 2.24) is 0 Å². The zero-order chi connectivity index (χ0) is 14.5. The molecule has 112 valence electrons. The van der Waals surface area contributed by atoms with Gasteiger partial charge in [-0.15, -0.1) is 0 Å². The maximum absolute atomic E-state index is 11.2. The summed E-state index contributed by atoms with van der Waals surface area (Å²) < 4.78 is 9.66. The van der Waals surface area contributed by atoms with Crippen LogP contribution < -0.4 is 5.73 Å². The van der Waals surface area contributed by atoms with E-state index in [4.69, 9.17) is 15.2 Å². The molecule has 0 aliphatic heterocycles. The smallest absolute Gasteiger partial charge is 0.323 e. The number of carbonyl (C=O) groups is 2. The van der Waals surface area contributed by atoms with Crippen molar-refractivity contribution in [2.75, 3.05) is 24.7 Å². The minimum atomic E-state index is -0.538. The van der Waals surface area contributed by atoms with Crippen molar-refractivity contribution in [3.63, 3.8) is 0 Å². The van der Waals surface area contributed by atoms with Gasteiger partial charge in [-0.2, -0.15) is 11.8 Å². The molecule has 0 spiro atoms. The fourth-order valence-electron chi connectivity index (χ4n) is 1.41. The van der Waals surface area contributed by atoms with Gasteiger partial charge in [0.05, 0.1) is 13.2 Å². The first kappa shape index (κ1) is 18.2. The second-order valence-electron chi connectivity index (χ2n) is 4.05. The predicted molar refractivity (Wildman–Crippen MR) is 77.0 cm³/mol. The van der Waals surface area contributed by atoms with E-state index in [0.29, 0.717) is 25.4 Å². The van der Waals surface area contributed by atoms with Crippen molar-refractivity contribution in [2.24, 2.45) is 5.73 Å². The highest BCUT2D eigenvalue weighted by Crippen LogP contribution is 2.09. The van der Waals surface area contributed by atoms with Crippen molar-refractivity contribution in [3.05, 3.63) is 0 Å². The summed E-state index contributed by atoms with van der Waals surface area (Å²) >= 11 is 1.64. The van der Waals surface area contributed by atoms with E-state index in [2.05, 4.69) is 0 Å². The van der Waals surface area contributed by atoms with E-state index in [-0.39, 0.29) is 11.9 Å². The topological polar surface area (TPSA) is 78.6 Å². The standard InChI is InChI=1S/C13H25NO4S/c1-3-17-12(15)8-6-5-7-9-19-10-11(14)13(16)18-4-2/h11H,3-10,14H2,1-2H3. The monoisotopic (exact) mass is 291 g/mol. The molecule has 0 amide bonds. The highest BCUT2D eigenvalue weighted by molar-refractivity contribution is 7.99. The number of hydrogen-bond acceptors (Lipinski definition) is 6. The van der Waals surface area contributed by atoms with Crippen molar-refractivity contribution >= 4 is 23.7 Å². The van der Waals surface area contributed by atoms with Crippen molar-refractivity contribution < 1.29 is 19.1 Å². The van der Waals surface area contributed by atoms with Crippen LogP contribution in [0.3, 0.4) is 0 Å². The van der Waals surface area contributed by atoms with Crippen LogP contribution in [-0.4, -0.2) is 42.7 Å². The summed E-state index contributed by atoms with van der Waals surface area (Å²) in [4.78, 5) is 22.3. The van der Waals surface area contributed by atoms with Crippen molar-refractivity contribution in [1.29, 1.82) is 0 Å². The minimum Gasteiger partial charge on any atom is -0.466 e. The Kier molecular flexibility index (Phi) is 11.8. The molecule has 0 aromatic carbocycles. The van der Waals surface area contributed by atoms with E-state index in [9.17, 15) is 9.59 Å². The highest BCUT2D eigenvalue weighted by atomic mass is 32.2. The number of esters is 2. The third kappa shape index (κ3) is 10.8. The Balaban J connectivity index is 3.35. The van der Waals surface area contributed by atoms with E-state index in [1.165, 1.54) is 0 Å². The van der Waals surface area contributed by atoms with Crippen molar-refractivity contribution in [3.8, 4) is 0 Å². The van der Waals surface area contributed by atoms with Gasteiger partial charge in [0.2, 0.25) is 0 Å². The van der Waals surface area contributed by atoms with Gasteiger partial charge in [-0.25, -0.2) is 0 Å². The van der Waals surface area contributed by atoms with Crippen LogP contribution in [0.5, 0.6) is 0 Å². The van der Waals surface area contributed by atoms with Gasteiger partial charge in [0, 0.05) is 12.2 Å². The molecule has 0 saturated carbocycles. The van der Waals surface area contributed by atoms with Crippen LogP contribution in [0.4, 0.5) is 0 Å². The number of unbranched alkanes of at least 4 members (excludes halogenated alkanes) is 2. The Hall–Kier alpha value is -0.750. The molecule has 6 heteroatoms. The summed E-state index contributed by atoms with van der Waals surface area (Å²) in [7, 11) is 0. The van der Waals surface area contributed by atoms with Gasteiger partial charge in [-0.05, 0) is 32.4 Å². The van der Waals surface area contributed by atoms with E-state index >= 15 is 0 Å². The van der Waals surface area contributed by atoms with Crippen LogP contribution in [0.2, 0.25) is 0 Å². The Morgan fingerprint density at radius 2 is 1.79 bits per heavy atom. The number of nitrogens with two attached hydrogens (primary N) is 1. The van der Waals surface area contributed by atoms with Gasteiger partial charge in [-0.1, -0.05) is 6.42 Å². The summed E-state index contributed by atoms with van der Waals surface area (Å²) in [6, 6.07) is -0.538. The normalized spacial score (nSPS) is 11.9. The SMILES string of the molecule is CCOC(=O)CCCCCSCC(N)C(=O)OCC. The lowest BCUT2D eigenvalue weighted by atomic mass is 10.2. The number of carbonyl (C=O) groups excluding carboxylic acids is 2. The fourth-order valence-corrected chi connectivity index (χ4v) is 2.38. The van der Waals surface area contributed by atoms with Crippen LogP contribution in [0, 0.1) is 0 Å². The van der Waals surface area contributed by atoms with Gasteiger partial charge in [0.15, 0.2) is 0 Å². The molecule has 5 nitrogen and oxygen atoms in total. The molecule has 1 atom stereocenters. The van der Waals surface area contributed by atoms with Crippen LogP contribution in [0.25, 0.3) is 0 Å². The third-order valence-electron chi connectivity index (χ3n) is 2.36. The quantitative estimate of drug-likeness (QED) is 0.461. The van der Waals surface area contributed by atoms with Gasteiger partial charge >= 0.3 is 11.9 Å². The van der Waals surface area contributed by atoms with Crippen molar-refractivity contribution in [2.45, 2.75) is 45.6 Å². The van der Waals surface area contributed by atoms with Crippen LogP contribution in [-0.2, 0) is 19.1 Å². The minimum absolute atomic E-state index is 0.125. The maximum atomic E-state index is 11.2. The maximum Gasteiger partial charge on any atom is 0.323 e. The van der Waals surface area contributed by atoms with Gasteiger partial charge in [0.1, 0.15) is 6.04 Å². The molecule has 0 aromatic rings. The Morgan fingerprint density at radius 1 is 1.11 bits per heavy atom. The van der Waals surface area contributed by atoms with Crippen LogP contribution >= 0.6 is 11.8 Å². The van der Waals surface area contributed by atoms with Gasteiger partial charge < -0.3 is 15.2 Å². The molecule has 0 heterocycles. The largest absolute Gasteiger partial charge is 0.466 e. The van der Waals surface area contributed by atoms with Crippen LogP contribution in [0.15, 0.2) is 0 Å². The molecule has 2 N–H and O–H groups in total. The molecule has 0 aliphatic rings. The number of hydrogen-bond donors (Lipinski definition) is 1. The molecule has 0 radical (unpaired) electrons. The summed E-state index contributed by atoms with van der Waals surface area (Å²) in [5.41, 5.74) is 5.66. The molecule has 0 rings (SSSR count). The van der Waals surface area contributed by atoms with E-state index < -0.39 is 6.04 Å². The molecule has 0 saturated heterocycles. The number of thioether (sulfide) groups is 1.